The van der Waals surface area contributed by atoms with Gasteiger partial charge in [0, 0.05) is 12.6 Å². The Morgan fingerprint density at radius 1 is 1.21 bits per heavy atom. The number of nitrogens with one attached hydrogen (secondary N) is 1. The van der Waals surface area contributed by atoms with Crippen molar-refractivity contribution in [2.75, 3.05) is 13.8 Å². The number of benzene rings is 2. The minimum atomic E-state index is -1.14. The van der Waals surface area contributed by atoms with Crippen molar-refractivity contribution in [1.29, 1.82) is 0 Å². The van der Waals surface area contributed by atoms with Crippen LogP contribution in [0.25, 0.3) is 0 Å². The van der Waals surface area contributed by atoms with E-state index in [4.69, 9.17) is 4.74 Å². The second-order valence-electron chi connectivity index (χ2n) is 7.77. The van der Waals surface area contributed by atoms with Gasteiger partial charge in [-0.3, -0.25) is 9.69 Å². The number of carbonyl (C=O) groups excluding carboxylic acids is 2. The Morgan fingerprint density at radius 3 is 2.59 bits per heavy atom. The molecule has 1 heterocycles. The van der Waals surface area contributed by atoms with Crippen LogP contribution in [0.3, 0.4) is 0 Å². The Kier molecular flexibility index (Phi) is 5.00. The van der Waals surface area contributed by atoms with Gasteiger partial charge in [-0.15, -0.1) is 0 Å². The van der Waals surface area contributed by atoms with Gasteiger partial charge in [0.25, 0.3) is 5.91 Å². The molecule has 6 nitrogen and oxygen atoms in total. The smallest absolute Gasteiger partial charge is 0.326 e. The molecule has 0 spiro atoms. The van der Waals surface area contributed by atoms with Crippen molar-refractivity contribution in [1.82, 2.24) is 15.1 Å². The van der Waals surface area contributed by atoms with E-state index in [0.717, 1.165) is 18.4 Å². The third-order valence-electron chi connectivity index (χ3n) is 5.61. The zero-order chi connectivity index (χ0) is 20.6. The molecule has 1 N–H and O–H groups in total. The molecule has 0 radical (unpaired) electrons. The van der Waals surface area contributed by atoms with Crippen molar-refractivity contribution in [3.63, 3.8) is 0 Å². The number of carbonyl (C=O) groups is 2. The highest BCUT2D eigenvalue weighted by molar-refractivity contribution is 6.07. The van der Waals surface area contributed by atoms with Crippen LogP contribution in [0.2, 0.25) is 0 Å². The molecule has 29 heavy (non-hydrogen) atoms. The van der Waals surface area contributed by atoms with Gasteiger partial charge in [-0.2, -0.15) is 0 Å². The van der Waals surface area contributed by atoms with E-state index in [1.807, 2.05) is 0 Å². The van der Waals surface area contributed by atoms with Crippen molar-refractivity contribution in [2.24, 2.45) is 0 Å². The molecule has 0 unspecified atom stereocenters. The Morgan fingerprint density at radius 2 is 1.93 bits per heavy atom. The highest BCUT2D eigenvalue weighted by Crippen LogP contribution is 2.33. The summed E-state index contributed by atoms with van der Waals surface area (Å²) in [7, 11) is 1.56. The standard InChI is InChI=1S/C22H24FN3O3/c1-22(16-4-3-5-19(12-16)29-2)20(27)26(21(28)24-22)14-25(18-10-11-18)13-15-6-8-17(23)9-7-15/h3-9,12,18H,10-11,13-14H2,1-2H3,(H,24,28)/t22-/m0/s1. The van der Waals surface area contributed by atoms with Crippen molar-refractivity contribution >= 4 is 11.9 Å². The van der Waals surface area contributed by atoms with Crippen molar-refractivity contribution < 1.29 is 18.7 Å². The van der Waals surface area contributed by atoms with Crippen LogP contribution >= 0.6 is 0 Å². The molecule has 2 fully saturated rings. The van der Waals surface area contributed by atoms with Crippen LogP contribution in [0.4, 0.5) is 9.18 Å². The second kappa shape index (κ2) is 7.48. The Labute approximate surface area is 169 Å². The number of halogens is 1. The van der Waals surface area contributed by atoms with Crippen LogP contribution in [-0.2, 0) is 16.9 Å². The first kappa shape index (κ1) is 19.4. The summed E-state index contributed by atoms with van der Waals surface area (Å²) in [4.78, 5) is 29.3. The number of nitrogens with zero attached hydrogens (tertiary/aromatic N) is 2. The van der Waals surface area contributed by atoms with Gasteiger partial charge in [-0.25, -0.2) is 14.1 Å². The molecular formula is C22H24FN3O3. The number of ether oxygens (including phenoxy) is 1. The fourth-order valence-corrected chi connectivity index (χ4v) is 3.70. The summed E-state index contributed by atoms with van der Waals surface area (Å²) in [6, 6.07) is 13.4. The van der Waals surface area contributed by atoms with Crippen LogP contribution in [0, 0.1) is 5.82 Å². The van der Waals surface area contributed by atoms with Crippen molar-refractivity contribution in [2.45, 2.75) is 37.9 Å². The Hall–Kier alpha value is -2.93. The molecular weight excluding hydrogens is 373 g/mol. The molecule has 2 aromatic carbocycles. The molecule has 152 valence electrons. The van der Waals surface area contributed by atoms with Crippen LogP contribution in [-0.4, -0.2) is 41.6 Å². The largest absolute Gasteiger partial charge is 0.497 e. The van der Waals surface area contributed by atoms with Gasteiger partial charge in [-0.05, 0) is 55.2 Å². The van der Waals surface area contributed by atoms with Gasteiger partial charge in [0.1, 0.15) is 17.1 Å². The van der Waals surface area contributed by atoms with Gasteiger partial charge in [0.15, 0.2) is 0 Å². The summed E-state index contributed by atoms with van der Waals surface area (Å²) < 4.78 is 18.5. The molecule has 7 heteroatoms. The summed E-state index contributed by atoms with van der Waals surface area (Å²) in [6.07, 6.45) is 2.05. The average molecular weight is 397 g/mol. The predicted molar refractivity (Wildman–Crippen MR) is 106 cm³/mol. The number of hydrogen-bond acceptors (Lipinski definition) is 4. The number of urea groups is 1. The highest BCUT2D eigenvalue weighted by Gasteiger charge is 2.50. The number of imide groups is 1. The lowest BCUT2D eigenvalue weighted by Crippen LogP contribution is -2.44. The molecule has 1 saturated carbocycles. The predicted octanol–water partition coefficient (Wildman–Crippen LogP) is 3.22. The van der Waals surface area contributed by atoms with E-state index in [0.29, 0.717) is 23.9 Å². The molecule has 0 aromatic heterocycles. The summed E-state index contributed by atoms with van der Waals surface area (Å²) in [5, 5.41) is 2.84. The van der Waals surface area contributed by atoms with E-state index in [1.54, 1.807) is 50.4 Å². The molecule has 1 saturated heterocycles. The van der Waals surface area contributed by atoms with Crippen molar-refractivity contribution in [3.8, 4) is 5.75 Å². The van der Waals surface area contributed by atoms with Crippen LogP contribution < -0.4 is 10.1 Å². The number of hydrogen-bond donors (Lipinski definition) is 1. The lowest BCUT2D eigenvalue weighted by Gasteiger charge is -2.27. The summed E-state index contributed by atoms with van der Waals surface area (Å²) in [5.41, 5.74) is 0.478. The SMILES string of the molecule is COc1cccc([C@]2(C)NC(=O)N(CN(Cc3ccc(F)cc3)C3CC3)C2=O)c1. The second-order valence-corrected chi connectivity index (χ2v) is 7.77. The van der Waals surface area contributed by atoms with Gasteiger partial charge in [0.05, 0.1) is 13.8 Å². The lowest BCUT2D eigenvalue weighted by molar-refractivity contribution is -0.132. The maximum absolute atomic E-state index is 13.2. The minimum Gasteiger partial charge on any atom is -0.497 e. The number of methoxy groups -OCH3 is 1. The average Bonchev–Trinajstić information content (AvgIpc) is 3.54. The first-order valence-corrected chi connectivity index (χ1v) is 9.68. The van der Waals surface area contributed by atoms with Gasteiger partial charge in [-0.1, -0.05) is 24.3 Å². The first-order chi connectivity index (χ1) is 13.9. The lowest BCUT2D eigenvalue weighted by atomic mass is 9.92. The van der Waals surface area contributed by atoms with Crippen molar-refractivity contribution in [3.05, 3.63) is 65.5 Å². The normalized spacial score (nSPS) is 21.6. The zero-order valence-corrected chi connectivity index (χ0v) is 16.5. The minimum absolute atomic E-state index is 0.201. The molecule has 1 aliphatic carbocycles. The highest BCUT2D eigenvalue weighted by atomic mass is 19.1. The van der Waals surface area contributed by atoms with Gasteiger partial charge in [0.2, 0.25) is 0 Å². The molecule has 1 atom stereocenters. The summed E-state index contributed by atoms with van der Waals surface area (Å²) in [6.45, 7) is 2.47. The van der Waals surface area contributed by atoms with E-state index < -0.39 is 11.6 Å². The topological polar surface area (TPSA) is 61.9 Å². The molecule has 2 aliphatic rings. The quantitative estimate of drug-likeness (QED) is 0.729. The van der Waals surface area contributed by atoms with Gasteiger partial charge >= 0.3 is 6.03 Å². The molecule has 1 aliphatic heterocycles. The molecule has 3 amide bonds. The van der Waals surface area contributed by atoms with Crippen LogP contribution in [0.15, 0.2) is 48.5 Å². The fourth-order valence-electron chi connectivity index (χ4n) is 3.70. The number of amides is 3. The molecule has 0 bridgehead atoms. The van der Waals surface area contributed by atoms with Crippen LogP contribution in [0.5, 0.6) is 5.75 Å². The Bertz CT molecular complexity index is 929. The Balaban J connectivity index is 1.53. The maximum Gasteiger partial charge on any atom is 0.326 e. The molecule has 4 rings (SSSR count). The van der Waals surface area contributed by atoms with E-state index in [1.165, 1.54) is 17.0 Å². The third kappa shape index (κ3) is 3.82. The van der Waals surface area contributed by atoms with Crippen LogP contribution in [0.1, 0.15) is 30.9 Å². The fraction of sp³-hybridized carbons (Fsp3) is 0.364. The summed E-state index contributed by atoms with van der Waals surface area (Å²) >= 11 is 0. The zero-order valence-electron chi connectivity index (χ0n) is 16.5. The van der Waals surface area contributed by atoms with E-state index in [9.17, 15) is 14.0 Å². The molecule has 2 aromatic rings. The van der Waals surface area contributed by atoms with E-state index >= 15 is 0 Å². The maximum atomic E-state index is 13.2. The summed E-state index contributed by atoms with van der Waals surface area (Å²) in [5.74, 6) is 0.0514. The first-order valence-electron chi connectivity index (χ1n) is 9.68. The van der Waals surface area contributed by atoms with E-state index in [2.05, 4.69) is 10.2 Å². The monoisotopic (exact) mass is 397 g/mol. The van der Waals surface area contributed by atoms with E-state index in [-0.39, 0.29) is 18.4 Å². The van der Waals surface area contributed by atoms with Gasteiger partial charge < -0.3 is 10.1 Å². The third-order valence-corrected chi connectivity index (χ3v) is 5.61. The number of rotatable bonds is 7.